The molecule has 1 unspecified atom stereocenters. The number of ether oxygens (including phenoxy) is 2. The summed E-state index contributed by atoms with van der Waals surface area (Å²) in [6, 6.07) is 3.38. The predicted molar refractivity (Wildman–Crippen MR) is 82.5 cm³/mol. The minimum Gasteiger partial charge on any atom is -0.482 e. The number of amides is 1. The molecule has 8 heteroatoms. The van der Waals surface area contributed by atoms with Crippen LogP contribution in [0.15, 0.2) is 30.9 Å². The quantitative estimate of drug-likeness (QED) is 0.528. The molecule has 1 aromatic rings. The van der Waals surface area contributed by atoms with E-state index in [1.165, 1.54) is 18.2 Å². The third-order valence-electron chi connectivity index (χ3n) is 2.41. The molecule has 22 heavy (non-hydrogen) atoms. The molecule has 0 bridgehead atoms. The molecule has 0 radical (unpaired) electrons. The second-order valence-corrected chi connectivity index (χ2v) is 4.99. The number of carboxylic acids is 1. The molecule has 0 spiro atoms. The number of halogens is 2. The van der Waals surface area contributed by atoms with Gasteiger partial charge in [-0.3, -0.25) is 4.79 Å². The number of hydrogen-bond donors (Lipinski definition) is 2. The van der Waals surface area contributed by atoms with Crippen LogP contribution in [0.5, 0.6) is 5.75 Å². The van der Waals surface area contributed by atoms with Gasteiger partial charge in [0.15, 0.2) is 12.6 Å². The molecule has 2 N–H and O–H groups in total. The molecular weight excluding hydrogens is 333 g/mol. The average molecular weight is 348 g/mol. The van der Waals surface area contributed by atoms with Crippen molar-refractivity contribution in [2.45, 2.75) is 6.04 Å². The van der Waals surface area contributed by atoms with E-state index in [2.05, 4.69) is 11.9 Å². The van der Waals surface area contributed by atoms with Crippen molar-refractivity contribution in [2.75, 3.05) is 19.8 Å². The number of rotatable bonds is 9. The summed E-state index contributed by atoms with van der Waals surface area (Å²) < 4.78 is 10.2. The van der Waals surface area contributed by atoms with E-state index in [0.29, 0.717) is 5.02 Å². The van der Waals surface area contributed by atoms with Gasteiger partial charge in [0.2, 0.25) is 0 Å². The van der Waals surface area contributed by atoms with Crippen LogP contribution in [0.1, 0.15) is 0 Å². The van der Waals surface area contributed by atoms with Crippen molar-refractivity contribution in [2.24, 2.45) is 0 Å². The topological polar surface area (TPSA) is 84.9 Å². The highest BCUT2D eigenvalue weighted by atomic mass is 35.5. The Morgan fingerprint density at radius 1 is 1.41 bits per heavy atom. The maximum absolute atomic E-state index is 11.7. The Balaban J connectivity index is 2.49. The molecule has 1 atom stereocenters. The highest BCUT2D eigenvalue weighted by Crippen LogP contribution is 2.27. The smallest absolute Gasteiger partial charge is 0.328 e. The van der Waals surface area contributed by atoms with Crippen LogP contribution in [0, 0.1) is 0 Å². The van der Waals surface area contributed by atoms with Gasteiger partial charge in [0, 0.05) is 5.02 Å². The van der Waals surface area contributed by atoms with Crippen LogP contribution in [-0.2, 0) is 14.3 Å². The fraction of sp³-hybridized carbons (Fsp3) is 0.286. The first-order valence-corrected chi connectivity index (χ1v) is 6.98. The maximum Gasteiger partial charge on any atom is 0.328 e. The van der Waals surface area contributed by atoms with Gasteiger partial charge in [-0.1, -0.05) is 29.3 Å². The van der Waals surface area contributed by atoms with Crippen LogP contribution in [0.2, 0.25) is 10.0 Å². The van der Waals surface area contributed by atoms with Gasteiger partial charge >= 0.3 is 5.97 Å². The van der Waals surface area contributed by atoms with Crippen molar-refractivity contribution in [3.05, 3.63) is 40.9 Å². The van der Waals surface area contributed by atoms with Crippen LogP contribution in [0.25, 0.3) is 0 Å². The van der Waals surface area contributed by atoms with E-state index in [-0.39, 0.29) is 30.6 Å². The van der Waals surface area contributed by atoms with Crippen LogP contribution in [0.4, 0.5) is 0 Å². The van der Waals surface area contributed by atoms with Crippen molar-refractivity contribution < 1.29 is 24.2 Å². The van der Waals surface area contributed by atoms with Gasteiger partial charge in [-0.15, -0.1) is 6.58 Å². The second-order valence-electron chi connectivity index (χ2n) is 4.15. The summed E-state index contributed by atoms with van der Waals surface area (Å²) in [5.74, 6) is -1.54. The lowest BCUT2D eigenvalue weighted by Gasteiger charge is -2.15. The molecule has 0 aliphatic carbocycles. The minimum atomic E-state index is -1.21. The van der Waals surface area contributed by atoms with E-state index in [0.717, 1.165) is 0 Å². The van der Waals surface area contributed by atoms with E-state index < -0.39 is 17.9 Å². The molecule has 0 saturated carbocycles. The van der Waals surface area contributed by atoms with Gasteiger partial charge < -0.3 is 19.9 Å². The Labute approximate surface area is 137 Å². The zero-order valence-electron chi connectivity index (χ0n) is 11.6. The highest BCUT2D eigenvalue weighted by Gasteiger charge is 2.20. The Morgan fingerprint density at radius 3 is 2.73 bits per heavy atom. The largest absolute Gasteiger partial charge is 0.482 e. The maximum atomic E-state index is 11.7. The Hall–Kier alpha value is -1.76. The van der Waals surface area contributed by atoms with Crippen LogP contribution < -0.4 is 10.1 Å². The number of benzene rings is 1. The number of carbonyl (C=O) groups excluding carboxylic acids is 1. The highest BCUT2D eigenvalue weighted by molar-refractivity contribution is 6.35. The Bertz CT molecular complexity index is 550. The zero-order valence-corrected chi connectivity index (χ0v) is 13.1. The van der Waals surface area contributed by atoms with Crippen LogP contribution in [0.3, 0.4) is 0 Å². The standard InChI is InChI=1S/C14H15Cl2NO5/c1-2-5-21-7-11(14(19)20)17-13(18)8-22-12-4-3-9(15)6-10(12)16/h2-4,6,11H,1,5,7-8H2,(H,17,18)(H,19,20). The van der Waals surface area contributed by atoms with Crippen molar-refractivity contribution in [3.8, 4) is 5.75 Å². The molecule has 0 aliphatic rings. The number of carboxylic acid groups (broad SMARTS) is 1. The summed E-state index contributed by atoms with van der Waals surface area (Å²) in [6.07, 6.45) is 1.48. The Morgan fingerprint density at radius 2 is 2.14 bits per heavy atom. The summed E-state index contributed by atoms with van der Waals surface area (Å²) in [4.78, 5) is 22.7. The zero-order chi connectivity index (χ0) is 16.5. The monoisotopic (exact) mass is 347 g/mol. The first kappa shape index (κ1) is 18.3. The minimum absolute atomic E-state index is 0.172. The number of nitrogens with one attached hydrogen (secondary N) is 1. The molecule has 120 valence electrons. The fourth-order valence-corrected chi connectivity index (χ4v) is 1.88. The number of aliphatic carboxylic acids is 1. The molecule has 1 amide bonds. The van der Waals surface area contributed by atoms with Crippen molar-refractivity contribution >= 4 is 35.1 Å². The SMILES string of the molecule is C=CCOCC(NC(=O)COc1ccc(Cl)cc1Cl)C(=O)O. The molecule has 0 aliphatic heterocycles. The van der Waals surface area contributed by atoms with Crippen LogP contribution >= 0.6 is 23.2 Å². The molecule has 6 nitrogen and oxygen atoms in total. The second kappa shape index (κ2) is 9.30. The molecule has 0 aromatic heterocycles. The van der Waals surface area contributed by atoms with Crippen molar-refractivity contribution in [1.29, 1.82) is 0 Å². The van der Waals surface area contributed by atoms with E-state index >= 15 is 0 Å². The normalized spacial score (nSPS) is 11.5. The Kier molecular flexibility index (Phi) is 7.73. The lowest BCUT2D eigenvalue weighted by Crippen LogP contribution is -2.45. The summed E-state index contributed by atoms with van der Waals surface area (Å²) in [5.41, 5.74) is 0. The van der Waals surface area contributed by atoms with E-state index in [1.807, 2.05) is 0 Å². The molecule has 0 saturated heterocycles. The van der Waals surface area contributed by atoms with Gasteiger partial charge in [-0.05, 0) is 18.2 Å². The molecule has 1 aromatic carbocycles. The molecule has 0 fully saturated rings. The summed E-state index contributed by atoms with van der Waals surface area (Å²) in [6.45, 7) is 3.08. The van der Waals surface area contributed by atoms with E-state index in [1.54, 1.807) is 6.07 Å². The lowest BCUT2D eigenvalue weighted by molar-refractivity contribution is -0.143. The average Bonchev–Trinajstić information content (AvgIpc) is 2.45. The molecular formula is C14H15Cl2NO5. The number of carbonyl (C=O) groups is 2. The summed E-state index contributed by atoms with van der Waals surface area (Å²) in [5, 5.41) is 12.0. The van der Waals surface area contributed by atoms with Gasteiger partial charge in [0.25, 0.3) is 5.91 Å². The lowest BCUT2D eigenvalue weighted by atomic mass is 10.3. The summed E-state index contributed by atoms with van der Waals surface area (Å²) in [7, 11) is 0. The molecule has 0 heterocycles. The van der Waals surface area contributed by atoms with Gasteiger partial charge in [0.1, 0.15) is 5.75 Å². The third kappa shape index (κ3) is 6.34. The van der Waals surface area contributed by atoms with Gasteiger partial charge in [-0.2, -0.15) is 0 Å². The fourth-order valence-electron chi connectivity index (χ4n) is 1.42. The molecule has 1 rings (SSSR count). The van der Waals surface area contributed by atoms with Gasteiger partial charge in [0.05, 0.1) is 18.2 Å². The van der Waals surface area contributed by atoms with E-state index in [9.17, 15) is 9.59 Å². The third-order valence-corrected chi connectivity index (χ3v) is 2.94. The number of hydrogen-bond acceptors (Lipinski definition) is 4. The summed E-state index contributed by atoms with van der Waals surface area (Å²) >= 11 is 11.6. The predicted octanol–water partition coefficient (Wildman–Crippen LogP) is 2.14. The first-order chi connectivity index (χ1) is 10.4. The van der Waals surface area contributed by atoms with E-state index in [4.69, 9.17) is 37.8 Å². The van der Waals surface area contributed by atoms with Crippen molar-refractivity contribution in [3.63, 3.8) is 0 Å². The first-order valence-electron chi connectivity index (χ1n) is 6.22. The van der Waals surface area contributed by atoms with Gasteiger partial charge in [-0.25, -0.2) is 4.79 Å². The van der Waals surface area contributed by atoms with Crippen molar-refractivity contribution in [1.82, 2.24) is 5.32 Å². The van der Waals surface area contributed by atoms with Crippen LogP contribution in [-0.4, -0.2) is 42.8 Å².